The molecule has 0 unspecified atom stereocenters. The van der Waals surface area contributed by atoms with E-state index in [4.69, 9.17) is 9.15 Å². The third-order valence-electron chi connectivity index (χ3n) is 3.59. The highest BCUT2D eigenvalue weighted by Gasteiger charge is 2.08. The molecule has 0 atom stereocenters. The first-order valence-electron chi connectivity index (χ1n) is 8.07. The molecule has 1 N–H and O–H groups in total. The van der Waals surface area contributed by atoms with Crippen molar-refractivity contribution in [2.24, 2.45) is 0 Å². The summed E-state index contributed by atoms with van der Waals surface area (Å²) in [4.78, 5) is 23.4. The number of ether oxygens (including phenoxy) is 2. The largest absolute Gasteiger partial charge is 0.484 e. The van der Waals surface area contributed by atoms with Gasteiger partial charge < -0.3 is 19.2 Å². The van der Waals surface area contributed by atoms with E-state index < -0.39 is 5.97 Å². The van der Waals surface area contributed by atoms with Crippen LogP contribution in [0, 0.1) is 6.92 Å². The topological polar surface area (TPSA) is 104 Å². The Morgan fingerprint density at radius 1 is 1.04 bits per heavy atom. The third-order valence-corrected chi connectivity index (χ3v) is 3.59. The van der Waals surface area contributed by atoms with E-state index in [2.05, 4.69) is 20.3 Å². The van der Waals surface area contributed by atoms with Gasteiger partial charge in [0.1, 0.15) is 5.75 Å². The van der Waals surface area contributed by atoms with Gasteiger partial charge in [-0.25, -0.2) is 4.79 Å². The predicted molar refractivity (Wildman–Crippen MR) is 96.4 cm³/mol. The fourth-order valence-electron chi connectivity index (χ4n) is 2.26. The molecule has 0 fully saturated rings. The van der Waals surface area contributed by atoms with Crippen molar-refractivity contribution in [3.63, 3.8) is 0 Å². The molecule has 0 radical (unpaired) electrons. The predicted octanol–water partition coefficient (Wildman–Crippen LogP) is 2.85. The van der Waals surface area contributed by atoms with Gasteiger partial charge in [0.25, 0.3) is 5.91 Å². The number of hydrogen-bond acceptors (Lipinski definition) is 7. The number of aryl methyl sites for hydroxylation is 1. The SMILES string of the molecule is COC(=O)c1ccc(NC(=O)COc2ccc(-c3nnc(C)o3)cc2)cc1. The van der Waals surface area contributed by atoms with Crippen molar-refractivity contribution in [1.29, 1.82) is 0 Å². The van der Waals surface area contributed by atoms with E-state index in [1.165, 1.54) is 7.11 Å². The van der Waals surface area contributed by atoms with Crippen molar-refractivity contribution in [1.82, 2.24) is 10.2 Å². The van der Waals surface area contributed by atoms with Crippen LogP contribution in [0.4, 0.5) is 5.69 Å². The van der Waals surface area contributed by atoms with Gasteiger partial charge in [-0.2, -0.15) is 0 Å². The Kier molecular flexibility index (Phi) is 5.46. The highest BCUT2D eigenvalue weighted by atomic mass is 16.5. The monoisotopic (exact) mass is 367 g/mol. The molecule has 0 saturated carbocycles. The highest BCUT2D eigenvalue weighted by Crippen LogP contribution is 2.21. The van der Waals surface area contributed by atoms with Crippen LogP contribution < -0.4 is 10.1 Å². The second kappa shape index (κ2) is 8.13. The molecule has 0 aliphatic rings. The summed E-state index contributed by atoms with van der Waals surface area (Å²) in [5, 5.41) is 10.4. The molecule has 138 valence electrons. The van der Waals surface area contributed by atoms with Gasteiger partial charge in [0.2, 0.25) is 11.8 Å². The van der Waals surface area contributed by atoms with Crippen molar-refractivity contribution < 1.29 is 23.5 Å². The Balaban J connectivity index is 1.52. The number of aromatic nitrogens is 2. The molecule has 3 rings (SSSR count). The minimum atomic E-state index is -0.435. The number of methoxy groups -OCH3 is 1. The fourth-order valence-corrected chi connectivity index (χ4v) is 2.26. The number of carbonyl (C=O) groups excluding carboxylic acids is 2. The molecule has 27 heavy (non-hydrogen) atoms. The van der Waals surface area contributed by atoms with Crippen LogP contribution in [-0.4, -0.2) is 35.8 Å². The van der Waals surface area contributed by atoms with Crippen LogP contribution in [0.2, 0.25) is 0 Å². The summed E-state index contributed by atoms with van der Waals surface area (Å²) < 4.78 is 15.4. The first kappa shape index (κ1) is 18.1. The molecule has 0 bridgehead atoms. The van der Waals surface area contributed by atoms with Crippen LogP contribution in [0.25, 0.3) is 11.5 Å². The number of nitrogens with one attached hydrogen (secondary N) is 1. The molecule has 0 aliphatic carbocycles. The summed E-state index contributed by atoms with van der Waals surface area (Å²) in [7, 11) is 1.31. The lowest BCUT2D eigenvalue weighted by atomic mass is 10.2. The van der Waals surface area contributed by atoms with Gasteiger partial charge in [-0.3, -0.25) is 4.79 Å². The second-order valence-corrected chi connectivity index (χ2v) is 5.56. The van der Waals surface area contributed by atoms with E-state index >= 15 is 0 Å². The van der Waals surface area contributed by atoms with Crippen molar-refractivity contribution in [2.45, 2.75) is 6.92 Å². The molecule has 0 saturated heterocycles. The van der Waals surface area contributed by atoms with E-state index in [9.17, 15) is 9.59 Å². The maximum absolute atomic E-state index is 12.0. The molecule has 3 aromatic rings. The number of carbonyl (C=O) groups is 2. The molecule has 1 amide bonds. The van der Waals surface area contributed by atoms with Gasteiger partial charge in [0.15, 0.2) is 6.61 Å². The third kappa shape index (κ3) is 4.69. The van der Waals surface area contributed by atoms with E-state index in [0.29, 0.717) is 28.8 Å². The zero-order valence-corrected chi connectivity index (χ0v) is 14.8. The molecule has 8 heteroatoms. The number of benzene rings is 2. The lowest BCUT2D eigenvalue weighted by Crippen LogP contribution is -2.20. The molecular formula is C19H17N3O5. The maximum atomic E-state index is 12.0. The first-order valence-corrected chi connectivity index (χ1v) is 8.07. The smallest absolute Gasteiger partial charge is 0.337 e. The van der Waals surface area contributed by atoms with Crippen LogP contribution in [0.1, 0.15) is 16.2 Å². The second-order valence-electron chi connectivity index (χ2n) is 5.56. The molecule has 1 aromatic heterocycles. The average Bonchev–Trinajstić information content (AvgIpc) is 3.13. The number of esters is 1. The molecule has 1 heterocycles. The lowest BCUT2D eigenvalue weighted by molar-refractivity contribution is -0.118. The Labute approximate surface area is 155 Å². The Bertz CT molecular complexity index is 933. The number of rotatable bonds is 6. The molecule has 0 aliphatic heterocycles. The van der Waals surface area contributed by atoms with Gasteiger partial charge in [-0.15, -0.1) is 10.2 Å². The zero-order chi connectivity index (χ0) is 19.2. The first-order chi connectivity index (χ1) is 13.0. The summed E-state index contributed by atoms with van der Waals surface area (Å²) in [6, 6.07) is 13.3. The van der Waals surface area contributed by atoms with E-state index in [0.717, 1.165) is 5.56 Å². The van der Waals surface area contributed by atoms with E-state index in [1.807, 2.05) is 0 Å². The van der Waals surface area contributed by atoms with Crippen molar-refractivity contribution in [3.8, 4) is 17.2 Å². The molecule has 2 aromatic carbocycles. The maximum Gasteiger partial charge on any atom is 0.337 e. The van der Waals surface area contributed by atoms with Gasteiger partial charge in [-0.05, 0) is 48.5 Å². The Morgan fingerprint density at radius 3 is 2.33 bits per heavy atom. The standard InChI is InChI=1S/C19H17N3O5/c1-12-21-22-18(27-12)13-5-9-16(10-6-13)26-11-17(23)20-15-7-3-14(4-8-15)19(24)25-2/h3-10H,11H2,1-2H3,(H,20,23). The van der Waals surface area contributed by atoms with Crippen LogP contribution >= 0.6 is 0 Å². The Hall–Kier alpha value is -3.68. The van der Waals surface area contributed by atoms with Crippen molar-refractivity contribution >= 4 is 17.6 Å². The van der Waals surface area contributed by atoms with Gasteiger partial charge in [0.05, 0.1) is 12.7 Å². The van der Waals surface area contributed by atoms with Crippen LogP contribution in [-0.2, 0) is 9.53 Å². The highest BCUT2D eigenvalue weighted by molar-refractivity contribution is 5.93. The number of hydrogen-bond donors (Lipinski definition) is 1. The fraction of sp³-hybridized carbons (Fsp3) is 0.158. The van der Waals surface area contributed by atoms with Crippen LogP contribution in [0.3, 0.4) is 0 Å². The molecule has 8 nitrogen and oxygen atoms in total. The quantitative estimate of drug-likeness (QED) is 0.668. The van der Waals surface area contributed by atoms with E-state index in [-0.39, 0.29) is 12.5 Å². The lowest BCUT2D eigenvalue weighted by Gasteiger charge is -2.08. The minimum Gasteiger partial charge on any atom is -0.484 e. The summed E-state index contributed by atoms with van der Waals surface area (Å²) in [5.74, 6) is 0.688. The van der Waals surface area contributed by atoms with E-state index in [1.54, 1.807) is 55.5 Å². The summed E-state index contributed by atoms with van der Waals surface area (Å²) in [5.41, 5.74) is 1.72. The average molecular weight is 367 g/mol. The van der Waals surface area contributed by atoms with Gasteiger partial charge in [0, 0.05) is 18.2 Å². The molecular weight excluding hydrogens is 350 g/mol. The Morgan fingerprint density at radius 2 is 1.74 bits per heavy atom. The number of anilines is 1. The summed E-state index contributed by atoms with van der Waals surface area (Å²) >= 11 is 0. The van der Waals surface area contributed by atoms with Crippen LogP contribution in [0.15, 0.2) is 52.9 Å². The summed E-state index contributed by atoms with van der Waals surface area (Å²) in [6.07, 6.45) is 0. The van der Waals surface area contributed by atoms with Gasteiger partial charge in [-0.1, -0.05) is 0 Å². The zero-order valence-electron chi connectivity index (χ0n) is 14.8. The van der Waals surface area contributed by atoms with Crippen molar-refractivity contribution in [2.75, 3.05) is 19.0 Å². The number of amides is 1. The molecule has 0 spiro atoms. The van der Waals surface area contributed by atoms with Gasteiger partial charge >= 0.3 is 5.97 Å². The summed E-state index contributed by atoms with van der Waals surface area (Å²) in [6.45, 7) is 1.56. The minimum absolute atomic E-state index is 0.155. The number of nitrogens with zero attached hydrogens (tertiary/aromatic N) is 2. The van der Waals surface area contributed by atoms with Crippen LogP contribution in [0.5, 0.6) is 5.75 Å². The normalized spacial score (nSPS) is 10.3. The van der Waals surface area contributed by atoms with Crippen molar-refractivity contribution in [3.05, 3.63) is 60.0 Å².